The number of hydrogen-bond donors (Lipinski definition) is 1. The fourth-order valence-corrected chi connectivity index (χ4v) is 5.42. The average Bonchev–Trinajstić information content (AvgIpc) is 3.11. The largest absolute Gasteiger partial charge is 0.368 e. The minimum Gasteiger partial charge on any atom is -0.368 e. The maximum atomic E-state index is 13.9. The Morgan fingerprint density at radius 3 is 2.57 bits per heavy atom. The van der Waals surface area contributed by atoms with E-state index >= 15 is 0 Å². The summed E-state index contributed by atoms with van der Waals surface area (Å²) in [5, 5.41) is 1.01. The molecule has 4 rings (SSSR count). The van der Waals surface area contributed by atoms with Crippen molar-refractivity contribution in [3.8, 4) is 0 Å². The van der Waals surface area contributed by atoms with E-state index in [1.807, 2.05) is 12.1 Å². The summed E-state index contributed by atoms with van der Waals surface area (Å²) in [7, 11) is 4.36. The van der Waals surface area contributed by atoms with Gasteiger partial charge in [-0.3, -0.25) is 4.90 Å². The number of likely N-dealkylation sites (N-methyl/N-ethyl adjacent to an activating group) is 1. The molecule has 160 valence electrons. The molecule has 0 bridgehead atoms. The first kappa shape index (κ1) is 21.1. The van der Waals surface area contributed by atoms with Gasteiger partial charge < -0.3 is 9.72 Å². The zero-order chi connectivity index (χ0) is 21.5. The van der Waals surface area contributed by atoms with Crippen LogP contribution in [0.5, 0.6) is 0 Å². The molecule has 1 aliphatic carbocycles. The smallest absolute Gasteiger partial charge is 0.123 e. The molecule has 0 unspecified atom stereocenters. The summed E-state index contributed by atoms with van der Waals surface area (Å²) in [5.41, 5.74) is 5.68. The van der Waals surface area contributed by atoms with Gasteiger partial charge in [0.15, 0.2) is 0 Å². The highest BCUT2D eigenvalue weighted by Gasteiger charge is 2.49. The molecule has 0 saturated heterocycles. The molecular weight excluding hydrogens is 375 g/mol. The van der Waals surface area contributed by atoms with Crippen molar-refractivity contribution in [2.24, 2.45) is 0 Å². The number of hydrogen-bond acceptors (Lipinski definition) is 2. The van der Waals surface area contributed by atoms with Crippen LogP contribution >= 0.6 is 0 Å². The Morgan fingerprint density at radius 1 is 1.17 bits per heavy atom. The van der Waals surface area contributed by atoms with Crippen molar-refractivity contribution in [3.63, 3.8) is 0 Å². The molecule has 4 heteroatoms. The van der Waals surface area contributed by atoms with Gasteiger partial charge in [-0.2, -0.15) is 0 Å². The second-order valence-corrected chi connectivity index (χ2v) is 9.15. The van der Waals surface area contributed by atoms with Gasteiger partial charge in [-0.25, -0.2) is 4.39 Å². The van der Waals surface area contributed by atoms with Crippen molar-refractivity contribution < 1.29 is 9.13 Å². The van der Waals surface area contributed by atoms with Gasteiger partial charge in [-0.1, -0.05) is 36.0 Å². The first-order chi connectivity index (χ1) is 14.3. The minimum atomic E-state index is -0.296. The summed E-state index contributed by atoms with van der Waals surface area (Å²) in [6, 6.07) is 5.05. The predicted octanol–water partition coefficient (Wildman–Crippen LogP) is 6.03. The Hall–Kier alpha value is -2.17. The quantitative estimate of drug-likeness (QED) is 0.626. The molecular formula is C26H33FN2O. The van der Waals surface area contributed by atoms with E-state index in [-0.39, 0.29) is 17.0 Å². The van der Waals surface area contributed by atoms with Gasteiger partial charge in [-0.15, -0.1) is 0 Å². The van der Waals surface area contributed by atoms with Crippen molar-refractivity contribution >= 4 is 10.9 Å². The summed E-state index contributed by atoms with van der Waals surface area (Å²) in [4.78, 5) is 5.96. The SMILES string of the molecule is C=C/C(C)=C\C=C(/C)C1(N(C)C)CCC2(CC1)OCCc1c2[nH]c2ccc(F)cc12. The third kappa shape index (κ3) is 3.36. The monoisotopic (exact) mass is 408 g/mol. The van der Waals surface area contributed by atoms with Crippen molar-refractivity contribution in [1.82, 2.24) is 9.88 Å². The molecule has 1 aromatic carbocycles. The van der Waals surface area contributed by atoms with E-state index in [1.165, 1.54) is 28.5 Å². The van der Waals surface area contributed by atoms with Crippen LogP contribution in [-0.4, -0.2) is 36.1 Å². The Bertz CT molecular complexity index is 1020. The Morgan fingerprint density at radius 2 is 1.90 bits per heavy atom. The van der Waals surface area contributed by atoms with E-state index in [2.05, 4.69) is 56.6 Å². The van der Waals surface area contributed by atoms with Gasteiger partial charge in [-0.05, 0) is 83.8 Å². The van der Waals surface area contributed by atoms with Gasteiger partial charge in [0.05, 0.1) is 12.3 Å². The lowest BCUT2D eigenvalue weighted by molar-refractivity contribution is -0.106. The molecule has 0 radical (unpaired) electrons. The van der Waals surface area contributed by atoms with Crippen LogP contribution in [0.25, 0.3) is 10.9 Å². The van der Waals surface area contributed by atoms with Crippen LogP contribution < -0.4 is 0 Å². The Labute approximate surface area is 179 Å². The molecule has 1 saturated carbocycles. The highest BCUT2D eigenvalue weighted by molar-refractivity contribution is 5.85. The number of halogens is 1. The Balaban J connectivity index is 1.68. The van der Waals surface area contributed by atoms with Gasteiger partial charge in [0.25, 0.3) is 0 Å². The molecule has 0 amide bonds. The summed E-state index contributed by atoms with van der Waals surface area (Å²) in [6.45, 7) is 8.86. The van der Waals surface area contributed by atoms with Gasteiger partial charge in [0, 0.05) is 16.4 Å². The van der Waals surface area contributed by atoms with Crippen LogP contribution in [0.1, 0.15) is 50.8 Å². The number of aromatic nitrogens is 1. The van der Waals surface area contributed by atoms with Crippen molar-refractivity contribution in [3.05, 3.63) is 71.2 Å². The lowest BCUT2D eigenvalue weighted by Crippen LogP contribution is -2.52. The van der Waals surface area contributed by atoms with Crippen LogP contribution in [0.15, 0.2) is 54.2 Å². The van der Waals surface area contributed by atoms with E-state index in [9.17, 15) is 4.39 Å². The van der Waals surface area contributed by atoms with Crippen LogP contribution in [0.2, 0.25) is 0 Å². The summed E-state index contributed by atoms with van der Waals surface area (Å²) >= 11 is 0. The van der Waals surface area contributed by atoms with Crippen LogP contribution in [0.3, 0.4) is 0 Å². The van der Waals surface area contributed by atoms with Gasteiger partial charge >= 0.3 is 0 Å². The first-order valence-corrected chi connectivity index (χ1v) is 10.9. The average molecular weight is 409 g/mol. The van der Waals surface area contributed by atoms with Crippen LogP contribution in [0.4, 0.5) is 4.39 Å². The minimum absolute atomic E-state index is 0.0162. The number of aromatic amines is 1. The fourth-order valence-electron chi connectivity index (χ4n) is 5.42. The second kappa shape index (κ2) is 7.82. The number of nitrogens with zero attached hydrogens (tertiary/aromatic N) is 1. The number of H-pyrrole nitrogens is 1. The molecule has 2 aromatic rings. The number of ether oxygens (including phenoxy) is 1. The van der Waals surface area contributed by atoms with E-state index in [0.717, 1.165) is 43.0 Å². The lowest BCUT2D eigenvalue weighted by Gasteiger charge is -2.51. The molecule has 2 heterocycles. The van der Waals surface area contributed by atoms with Crippen molar-refractivity contribution in [2.75, 3.05) is 20.7 Å². The normalized spacial score (nSPS) is 27.7. The highest BCUT2D eigenvalue weighted by atomic mass is 19.1. The number of nitrogens with one attached hydrogen (secondary N) is 1. The van der Waals surface area contributed by atoms with E-state index in [0.29, 0.717) is 6.61 Å². The van der Waals surface area contributed by atoms with Gasteiger partial charge in [0.1, 0.15) is 11.4 Å². The van der Waals surface area contributed by atoms with Crippen LogP contribution in [0, 0.1) is 5.82 Å². The molecule has 1 N–H and O–H groups in total. The summed E-state index contributed by atoms with van der Waals surface area (Å²) in [6.07, 6.45) is 11.1. The van der Waals surface area contributed by atoms with Gasteiger partial charge in [0.2, 0.25) is 0 Å². The lowest BCUT2D eigenvalue weighted by atomic mass is 9.68. The number of allylic oxidation sites excluding steroid dienone is 4. The molecule has 1 fully saturated rings. The zero-order valence-corrected chi connectivity index (χ0v) is 18.6. The topological polar surface area (TPSA) is 28.3 Å². The summed E-state index contributed by atoms with van der Waals surface area (Å²) < 4.78 is 20.4. The first-order valence-electron chi connectivity index (χ1n) is 10.9. The summed E-state index contributed by atoms with van der Waals surface area (Å²) in [5.74, 6) is -0.177. The maximum Gasteiger partial charge on any atom is 0.123 e. The van der Waals surface area contributed by atoms with E-state index in [1.54, 1.807) is 6.07 Å². The predicted molar refractivity (Wildman–Crippen MR) is 122 cm³/mol. The fraction of sp³-hybridized carbons (Fsp3) is 0.462. The Kier molecular flexibility index (Phi) is 5.50. The zero-order valence-electron chi connectivity index (χ0n) is 18.6. The number of benzene rings is 1. The molecule has 1 spiro atoms. The van der Waals surface area contributed by atoms with E-state index in [4.69, 9.17) is 4.74 Å². The highest BCUT2D eigenvalue weighted by Crippen LogP contribution is 2.51. The third-order valence-corrected chi connectivity index (χ3v) is 7.45. The van der Waals surface area contributed by atoms with Crippen molar-refractivity contribution in [2.45, 2.75) is 57.1 Å². The third-order valence-electron chi connectivity index (χ3n) is 7.45. The maximum absolute atomic E-state index is 13.9. The molecule has 1 aliphatic heterocycles. The van der Waals surface area contributed by atoms with Crippen molar-refractivity contribution in [1.29, 1.82) is 0 Å². The molecule has 30 heavy (non-hydrogen) atoms. The number of rotatable bonds is 4. The number of fused-ring (bicyclic) bond motifs is 4. The molecule has 1 aromatic heterocycles. The standard InChI is InChI=1S/C26H33FN2O/c1-6-18(2)7-8-19(3)25(29(4)5)12-14-26(15-13-25)24-21(11-16-30-26)22-17-20(27)9-10-23(22)28-24/h6-10,17,28H,1,11-16H2,2-5H3/b18-7-,19-8+. The van der Waals surface area contributed by atoms with E-state index < -0.39 is 0 Å². The molecule has 2 aliphatic rings. The van der Waals surface area contributed by atoms with Crippen LogP contribution in [-0.2, 0) is 16.8 Å². The second-order valence-electron chi connectivity index (χ2n) is 9.15. The molecule has 0 atom stereocenters. The molecule has 3 nitrogen and oxygen atoms in total.